The van der Waals surface area contributed by atoms with Crippen LogP contribution in [0.3, 0.4) is 0 Å². The fraction of sp³-hybridized carbons (Fsp3) is 0.526. The topological polar surface area (TPSA) is 54.6 Å². The van der Waals surface area contributed by atoms with Crippen LogP contribution in [-0.2, 0) is 0 Å². The molecule has 142 valence electrons. The van der Waals surface area contributed by atoms with E-state index in [0.717, 1.165) is 38.2 Å². The molecule has 0 bridgehead atoms. The van der Waals surface area contributed by atoms with Gasteiger partial charge in [-0.25, -0.2) is 8.78 Å². The molecule has 3 rings (SSSR count). The number of alkyl halides is 2. The number of piperidine rings is 1. The molecule has 0 spiro atoms. The number of benzene rings is 1. The summed E-state index contributed by atoms with van der Waals surface area (Å²) in [5, 5.41) is 1.33. The van der Waals surface area contributed by atoms with E-state index in [2.05, 4.69) is 9.88 Å². The number of aromatic amines is 1. The van der Waals surface area contributed by atoms with Crippen molar-refractivity contribution in [2.75, 3.05) is 26.7 Å². The number of hydrogen-bond acceptors (Lipinski definition) is 4. The summed E-state index contributed by atoms with van der Waals surface area (Å²) >= 11 is 0. The predicted molar refractivity (Wildman–Crippen MR) is 96.4 cm³/mol. The lowest BCUT2D eigenvalue weighted by molar-refractivity contribution is -0.00230. The monoisotopic (exact) mass is 366 g/mol. The fourth-order valence-corrected chi connectivity index (χ4v) is 3.23. The van der Waals surface area contributed by atoms with Crippen LogP contribution >= 0.6 is 0 Å². The third-order valence-electron chi connectivity index (χ3n) is 4.75. The number of nitrogens with zero attached hydrogens (tertiary/aromatic N) is 1. The molecule has 1 aliphatic rings. The molecule has 1 aliphatic heterocycles. The largest absolute Gasteiger partial charge is 0.493 e. The molecule has 0 amide bonds. The maximum absolute atomic E-state index is 13.0. The molecule has 1 N–H and O–H groups in total. The molecule has 2 aromatic rings. The van der Waals surface area contributed by atoms with Crippen LogP contribution in [-0.4, -0.2) is 48.7 Å². The van der Waals surface area contributed by atoms with Crippen LogP contribution in [0.15, 0.2) is 29.2 Å². The Balaban J connectivity index is 1.65. The van der Waals surface area contributed by atoms with Gasteiger partial charge in [0.15, 0.2) is 11.5 Å². The Labute approximate surface area is 150 Å². The van der Waals surface area contributed by atoms with Crippen molar-refractivity contribution < 1.29 is 18.3 Å². The number of rotatable bonds is 6. The molecule has 26 heavy (non-hydrogen) atoms. The highest BCUT2D eigenvalue weighted by Crippen LogP contribution is 2.33. The van der Waals surface area contributed by atoms with Gasteiger partial charge < -0.3 is 19.4 Å². The second-order valence-corrected chi connectivity index (χ2v) is 6.88. The summed E-state index contributed by atoms with van der Waals surface area (Å²) in [6.45, 7) is 2.82. The van der Waals surface area contributed by atoms with Gasteiger partial charge in [0.25, 0.3) is 5.56 Å². The van der Waals surface area contributed by atoms with Crippen LogP contribution in [0.2, 0.25) is 0 Å². The van der Waals surface area contributed by atoms with E-state index in [1.165, 1.54) is 0 Å². The zero-order valence-corrected chi connectivity index (χ0v) is 15.1. The van der Waals surface area contributed by atoms with Crippen molar-refractivity contribution in [3.05, 3.63) is 34.7 Å². The Kier molecular flexibility index (Phi) is 5.46. The van der Waals surface area contributed by atoms with Gasteiger partial charge in [-0.15, -0.1) is 0 Å². The Morgan fingerprint density at radius 2 is 2.00 bits per heavy atom. The van der Waals surface area contributed by atoms with Crippen molar-refractivity contribution in [2.45, 2.75) is 38.2 Å². The van der Waals surface area contributed by atoms with Gasteiger partial charge in [-0.1, -0.05) is 0 Å². The highest BCUT2D eigenvalue weighted by atomic mass is 19.3. The minimum absolute atomic E-state index is 0.00161. The smallest absolute Gasteiger partial charge is 0.255 e. The average Bonchev–Trinajstić information content (AvgIpc) is 2.60. The van der Waals surface area contributed by atoms with Crippen LogP contribution in [0.25, 0.3) is 10.8 Å². The number of nitrogens with one attached hydrogen (secondary N) is 1. The Bertz CT molecular complexity index is 809. The normalized spacial score (nSPS) is 16.8. The fourth-order valence-electron chi connectivity index (χ4n) is 3.23. The third kappa shape index (κ3) is 4.52. The molecule has 2 heterocycles. The van der Waals surface area contributed by atoms with Crippen molar-refractivity contribution in [3.63, 3.8) is 0 Å². The Morgan fingerprint density at radius 3 is 2.65 bits per heavy atom. The van der Waals surface area contributed by atoms with Crippen molar-refractivity contribution >= 4 is 10.8 Å². The molecule has 0 atom stereocenters. The third-order valence-corrected chi connectivity index (χ3v) is 4.75. The molecular weight excluding hydrogens is 342 g/mol. The number of ether oxygens (including phenoxy) is 2. The number of halogens is 2. The second kappa shape index (κ2) is 7.61. The quantitative estimate of drug-likeness (QED) is 0.851. The number of fused-ring (bicyclic) bond motifs is 1. The summed E-state index contributed by atoms with van der Waals surface area (Å²) in [4.78, 5) is 16.6. The lowest BCUT2D eigenvalue weighted by atomic mass is 10.1. The molecule has 1 aromatic heterocycles. The van der Waals surface area contributed by atoms with Crippen molar-refractivity contribution in [1.29, 1.82) is 0 Å². The minimum atomic E-state index is -2.62. The van der Waals surface area contributed by atoms with E-state index in [0.29, 0.717) is 23.4 Å². The molecule has 5 nitrogen and oxygen atoms in total. The molecule has 0 saturated carbocycles. The summed E-state index contributed by atoms with van der Waals surface area (Å²) < 4.78 is 37.5. The van der Waals surface area contributed by atoms with Gasteiger partial charge in [-0.3, -0.25) is 4.79 Å². The summed E-state index contributed by atoms with van der Waals surface area (Å²) in [6, 6.07) is 5.31. The summed E-state index contributed by atoms with van der Waals surface area (Å²) in [5.41, 5.74) is -0.173. The Morgan fingerprint density at radius 1 is 1.27 bits per heavy atom. The molecule has 0 unspecified atom stereocenters. The number of hydrogen-bond donors (Lipinski definition) is 1. The standard InChI is InChI=1S/C19H24F2N2O3/c1-19(20,21)6-10-23-8-4-14(5-9-23)26-17-11-13-3-7-22-18(24)15(13)12-16(17)25-2/h3,7,11-12,14H,4-6,8-10H2,1-2H3,(H,22,24). The molecule has 7 heteroatoms. The SMILES string of the molecule is COc1cc2c(=O)[nH]ccc2cc1OC1CCN(CCC(C)(F)F)CC1. The zero-order chi connectivity index (χ0) is 18.7. The number of aromatic nitrogens is 1. The van der Waals surface area contributed by atoms with Crippen LogP contribution in [0.5, 0.6) is 11.5 Å². The van der Waals surface area contributed by atoms with E-state index >= 15 is 0 Å². The number of likely N-dealkylation sites (tertiary alicyclic amines) is 1. The first kappa shape index (κ1) is 18.6. The number of H-pyrrole nitrogens is 1. The van der Waals surface area contributed by atoms with Gasteiger partial charge in [0.05, 0.1) is 12.5 Å². The van der Waals surface area contributed by atoms with E-state index in [9.17, 15) is 13.6 Å². The van der Waals surface area contributed by atoms with Crippen LogP contribution in [0, 0.1) is 0 Å². The van der Waals surface area contributed by atoms with Crippen molar-refractivity contribution in [1.82, 2.24) is 9.88 Å². The molecule has 1 aromatic carbocycles. The van der Waals surface area contributed by atoms with E-state index in [1.807, 2.05) is 12.1 Å². The molecule has 0 radical (unpaired) electrons. The van der Waals surface area contributed by atoms with Gasteiger partial charge in [-0.2, -0.15) is 0 Å². The predicted octanol–water partition coefficient (Wildman–Crippen LogP) is 3.43. The number of pyridine rings is 1. The van der Waals surface area contributed by atoms with E-state index in [-0.39, 0.29) is 18.1 Å². The minimum Gasteiger partial charge on any atom is -0.493 e. The van der Waals surface area contributed by atoms with E-state index in [1.54, 1.807) is 19.4 Å². The molecular formula is C19H24F2N2O3. The molecule has 1 fully saturated rings. The van der Waals surface area contributed by atoms with Gasteiger partial charge in [0.1, 0.15) is 6.10 Å². The lowest BCUT2D eigenvalue weighted by Gasteiger charge is -2.32. The first-order valence-corrected chi connectivity index (χ1v) is 8.82. The summed E-state index contributed by atoms with van der Waals surface area (Å²) in [5.74, 6) is -1.50. The van der Waals surface area contributed by atoms with Crippen molar-refractivity contribution in [3.8, 4) is 11.5 Å². The van der Waals surface area contributed by atoms with Crippen LogP contribution in [0.1, 0.15) is 26.2 Å². The van der Waals surface area contributed by atoms with E-state index < -0.39 is 5.92 Å². The van der Waals surface area contributed by atoms with Gasteiger partial charge in [0, 0.05) is 32.3 Å². The summed E-state index contributed by atoms with van der Waals surface area (Å²) in [7, 11) is 1.54. The van der Waals surface area contributed by atoms with Crippen LogP contribution < -0.4 is 15.0 Å². The Hall–Kier alpha value is -2.15. The average molecular weight is 366 g/mol. The zero-order valence-electron chi connectivity index (χ0n) is 15.1. The van der Waals surface area contributed by atoms with Crippen LogP contribution in [0.4, 0.5) is 8.78 Å². The maximum atomic E-state index is 13.0. The lowest BCUT2D eigenvalue weighted by Crippen LogP contribution is -2.39. The highest BCUT2D eigenvalue weighted by Gasteiger charge is 2.26. The number of methoxy groups -OCH3 is 1. The van der Waals surface area contributed by atoms with E-state index in [4.69, 9.17) is 9.47 Å². The second-order valence-electron chi connectivity index (χ2n) is 6.88. The molecule has 0 aliphatic carbocycles. The molecule has 1 saturated heterocycles. The first-order chi connectivity index (χ1) is 12.4. The summed E-state index contributed by atoms with van der Waals surface area (Å²) in [6.07, 6.45) is 3.02. The maximum Gasteiger partial charge on any atom is 0.255 e. The first-order valence-electron chi connectivity index (χ1n) is 8.82. The van der Waals surface area contributed by atoms with Gasteiger partial charge in [0.2, 0.25) is 5.92 Å². The van der Waals surface area contributed by atoms with Gasteiger partial charge >= 0.3 is 0 Å². The van der Waals surface area contributed by atoms with Crippen molar-refractivity contribution in [2.24, 2.45) is 0 Å². The highest BCUT2D eigenvalue weighted by molar-refractivity contribution is 5.85. The van der Waals surface area contributed by atoms with Gasteiger partial charge in [-0.05, 0) is 43.4 Å².